The lowest BCUT2D eigenvalue weighted by Crippen LogP contribution is -2.26. The van der Waals surface area contributed by atoms with Crippen molar-refractivity contribution in [3.05, 3.63) is 70.4 Å². The van der Waals surface area contributed by atoms with Gasteiger partial charge in [0.1, 0.15) is 12.4 Å². The molecule has 3 N–H and O–H groups in total. The molecule has 8 heteroatoms. The number of pyridine rings is 1. The van der Waals surface area contributed by atoms with E-state index in [9.17, 15) is 4.79 Å². The standard InChI is InChI=1S/C26H37N4O2PS/c1-4-33-18-24(27)8-7-21(14-26(31)29-34-3)20-6-5-19(2)22(13-20)16-30-11-12-32-25-9-10-28-15-23(25)17-30/h5-6,9-10,13,15,18,21,33H,4,7-8,11-12,14,16-17,27H2,1-3H3,(H,29,31)/b24-18-. The molecule has 2 aromatic rings. The lowest BCUT2D eigenvalue weighted by atomic mass is 9.88. The fourth-order valence-electron chi connectivity index (χ4n) is 4.18. The fraction of sp³-hybridized carbons (Fsp3) is 0.462. The molecule has 0 radical (unpaired) electrons. The Morgan fingerprint density at radius 2 is 2.26 bits per heavy atom. The highest BCUT2D eigenvalue weighted by atomic mass is 32.2. The molecule has 34 heavy (non-hydrogen) atoms. The van der Waals surface area contributed by atoms with Crippen LogP contribution in [0.2, 0.25) is 0 Å². The van der Waals surface area contributed by atoms with Crippen molar-refractivity contribution in [3.8, 4) is 5.75 Å². The van der Waals surface area contributed by atoms with Crippen molar-refractivity contribution in [3.63, 3.8) is 0 Å². The summed E-state index contributed by atoms with van der Waals surface area (Å²) in [6.07, 6.45) is 8.79. The summed E-state index contributed by atoms with van der Waals surface area (Å²) in [6.45, 7) is 7.49. The van der Waals surface area contributed by atoms with Crippen LogP contribution in [0.1, 0.15) is 54.4 Å². The Bertz CT molecular complexity index is 985. The molecule has 0 aliphatic carbocycles. The highest BCUT2D eigenvalue weighted by Crippen LogP contribution is 2.30. The molecule has 3 rings (SSSR count). The van der Waals surface area contributed by atoms with Gasteiger partial charge in [0.15, 0.2) is 0 Å². The molecule has 1 aliphatic rings. The van der Waals surface area contributed by atoms with Crippen molar-refractivity contribution in [2.24, 2.45) is 5.73 Å². The Hall–Kier alpha value is -2.08. The second-order valence-electron chi connectivity index (χ2n) is 8.67. The number of rotatable bonds is 11. The summed E-state index contributed by atoms with van der Waals surface area (Å²) in [5.74, 6) is 3.26. The van der Waals surface area contributed by atoms with Crippen LogP contribution in [0.5, 0.6) is 5.75 Å². The van der Waals surface area contributed by atoms with E-state index < -0.39 is 0 Å². The summed E-state index contributed by atoms with van der Waals surface area (Å²) in [5.41, 5.74) is 12.1. The Labute approximate surface area is 210 Å². The number of nitrogens with one attached hydrogen (secondary N) is 1. The zero-order valence-electron chi connectivity index (χ0n) is 20.5. The van der Waals surface area contributed by atoms with Gasteiger partial charge in [-0.15, -0.1) is 0 Å². The van der Waals surface area contributed by atoms with Crippen molar-refractivity contribution in [2.45, 2.75) is 52.1 Å². The molecule has 1 aromatic heterocycles. The van der Waals surface area contributed by atoms with Crippen LogP contribution < -0.4 is 15.2 Å². The summed E-state index contributed by atoms with van der Waals surface area (Å²) in [6, 6.07) is 8.59. The molecule has 0 spiro atoms. The largest absolute Gasteiger partial charge is 0.492 e. The number of carbonyl (C=O) groups is 1. The molecule has 1 aliphatic heterocycles. The number of hydrogen-bond donors (Lipinski definition) is 2. The first-order chi connectivity index (χ1) is 16.5. The van der Waals surface area contributed by atoms with Crippen LogP contribution in [0, 0.1) is 6.92 Å². The predicted molar refractivity (Wildman–Crippen MR) is 144 cm³/mol. The molecule has 0 fully saturated rings. The highest BCUT2D eigenvalue weighted by molar-refractivity contribution is 7.97. The number of nitrogens with two attached hydrogens (primary N) is 1. The number of benzene rings is 1. The topological polar surface area (TPSA) is 80.5 Å². The molecule has 0 saturated carbocycles. The third-order valence-electron chi connectivity index (χ3n) is 6.08. The third-order valence-corrected chi connectivity index (χ3v) is 7.49. The van der Waals surface area contributed by atoms with Crippen LogP contribution in [0.4, 0.5) is 0 Å². The van der Waals surface area contributed by atoms with Gasteiger partial charge in [0, 0.05) is 56.0 Å². The quantitative estimate of drug-likeness (QED) is 0.336. The first-order valence-electron chi connectivity index (χ1n) is 11.9. The minimum atomic E-state index is 0.0615. The van der Waals surface area contributed by atoms with E-state index in [4.69, 9.17) is 10.5 Å². The van der Waals surface area contributed by atoms with Crippen molar-refractivity contribution in [1.82, 2.24) is 14.6 Å². The van der Waals surface area contributed by atoms with Crippen LogP contribution in [-0.2, 0) is 17.9 Å². The van der Waals surface area contributed by atoms with Gasteiger partial charge in [-0.05, 0) is 60.4 Å². The summed E-state index contributed by atoms with van der Waals surface area (Å²) >= 11 is 1.35. The first kappa shape index (κ1) is 26.5. The van der Waals surface area contributed by atoms with Gasteiger partial charge in [-0.2, -0.15) is 0 Å². The number of ether oxygens (including phenoxy) is 1. The van der Waals surface area contributed by atoms with E-state index in [0.717, 1.165) is 64.2 Å². The fourth-order valence-corrected chi connectivity index (χ4v) is 5.10. The summed E-state index contributed by atoms with van der Waals surface area (Å²) in [7, 11) is 0.756. The van der Waals surface area contributed by atoms with E-state index in [-0.39, 0.29) is 11.8 Å². The van der Waals surface area contributed by atoms with Gasteiger partial charge in [-0.1, -0.05) is 45.7 Å². The molecular formula is C26H37N4O2PS. The minimum Gasteiger partial charge on any atom is -0.492 e. The maximum atomic E-state index is 12.5. The number of hydrogen-bond acceptors (Lipinski definition) is 6. The van der Waals surface area contributed by atoms with E-state index in [1.165, 1.54) is 28.6 Å². The molecule has 2 atom stereocenters. The lowest BCUT2D eigenvalue weighted by molar-refractivity contribution is -0.119. The predicted octanol–water partition coefficient (Wildman–Crippen LogP) is 4.93. The molecule has 2 unspecified atom stereocenters. The van der Waals surface area contributed by atoms with Crippen molar-refractivity contribution < 1.29 is 9.53 Å². The van der Waals surface area contributed by atoms with E-state index in [0.29, 0.717) is 13.0 Å². The summed E-state index contributed by atoms with van der Waals surface area (Å²) in [5, 5.41) is 0. The highest BCUT2D eigenvalue weighted by Gasteiger charge is 2.20. The zero-order chi connectivity index (χ0) is 24.3. The van der Waals surface area contributed by atoms with E-state index in [2.05, 4.69) is 52.5 Å². The van der Waals surface area contributed by atoms with E-state index in [1.54, 1.807) is 6.20 Å². The first-order valence-corrected chi connectivity index (χ1v) is 14.4. The van der Waals surface area contributed by atoms with Crippen molar-refractivity contribution in [1.29, 1.82) is 0 Å². The van der Waals surface area contributed by atoms with Gasteiger partial charge in [-0.3, -0.25) is 14.7 Å². The molecule has 0 bridgehead atoms. The van der Waals surface area contributed by atoms with Gasteiger partial charge in [0.2, 0.25) is 5.91 Å². The number of amides is 1. The Kier molecular flexibility index (Phi) is 10.7. The number of allylic oxidation sites excluding steroid dienone is 1. The van der Waals surface area contributed by atoms with Crippen molar-refractivity contribution >= 4 is 26.4 Å². The number of aromatic nitrogens is 1. The third kappa shape index (κ3) is 8.00. The van der Waals surface area contributed by atoms with Crippen LogP contribution in [0.15, 0.2) is 48.2 Å². The molecule has 0 saturated heterocycles. The molecule has 184 valence electrons. The van der Waals surface area contributed by atoms with Crippen LogP contribution >= 0.6 is 20.5 Å². The molecule has 1 aromatic carbocycles. The molecule has 6 nitrogen and oxygen atoms in total. The van der Waals surface area contributed by atoms with Crippen molar-refractivity contribution in [2.75, 3.05) is 25.6 Å². The molecule has 1 amide bonds. The minimum absolute atomic E-state index is 0.0615. The van der Waals surface area contributed by atoms with E-state index in [1.807, 2.05) is 18.5 Å². The Balaban J connectivity index is 1.77. The van der Waals surface area contributed by atoms with E-state index >= 15 is 0 Å². The second-order valence-corrected chi connectivity index (χ2v) is 10.7. The zero-order valence-corrected chi connectivity index (χ0v) is 22.3. The monoisotopic (exact) mass is 500 g/mol. The molecule has 2 heterocycles. The Morgan fingerprint density at radius 1 is 1.41 bits per heavy atom. The van der Waals surface area contributed by atoms with Crippen LogP contribution in [0.3, 0.4) is 0 Å². The SMILES string of the molecule is CCP/C=C(\N)CCC(CC(=O)NSC)c1ccc(C)c(CN2CCOc3ccncc3C2)c1. The van der Waals surface area contributed by atoms with Gasteiger partial charge >= 0.3 is 0 Å². The van der Waals surface area contributed by atoms with Gasteiger partial charge in [-0.25, -0.2) is 0 Å². The average molecular weight is 501 g/mol. The van der Waals surface area contributed by atoms with Crippen LogP contribution in [-0.4, -0.2) is 41.4 Å². The van der Waals surface area contributed by atoms with Gasteiger partial charge in [0.05, 0.1) is 0 Å². The number of aryl methyl sites for hydroxylation is 1. The molecular weight excluding hydrogens is 463 g/mol. The Morgan fingerprint density at radius 3 is 3.06 bits per heavy atom. The van der Waals surface area contributed by atoms with Gasteiger partial charge < -0.3 is 15.2 Å². The number of nitrogens with zero attached hydrogens (tertiary/aromatic N) is 2. The summed E-state index contributed by atoms with van der Waals surface area (Å²) in [4.78, 5) is 19.1. The maximum absolute atomic E-state index is 12.5. The van der Waals surface area contributed by atoms with Gasteiger partial charge in [0.25, 0.3) is 0 Å². The second kappa shape index (κ2) is 13.7. The normalized spacial score (nSPS) is 15.6. The van der Waals surface area contributed by atoms with Crippen LogP contribution in [0.25, 0.3) is 0 Å². The lowest BCUT2D eigenvalue weighted by Gasteiger charge is -2.23. The number of carbonyl (C=O) groups excluding carboxylic acids is 1. The maximum Gasteiger partial charge on any atom is 0.230 e. The summed E-state index contributed by atoms with van der Waals surface area (Å²) < 4.78 is 8.79. The smallest absolute Gasteiger partial charge is 0.230 e. The average Bonchev–Trinajstić information content (AvgIpc) is 3.03. The number of fused-ring (bicyclic) bond motifs is 1.